The van der Waals surface area contributed by atoms with Crippen LogP contribution in [0.25, 0.3) is 0 Å². The van der Waals surface area contributed by atoms with Crippen LogP contribution in [0.5, 0.6) is 11.8 Å². The molecule has 0 aromatic carbocycles. The lowest BCUT2D eigenvalue weighted by Crippen LogP contribution is -2.39. The highest BCUT2D eigenvalue weighted by molar-refractivity contribution is 5.94. The zero-order valence-corrected chi connectivity index (χ0v) is 15.1. The van der Waals surface area contributed by atoms with Gasteiger partial charge in [-0.15, -0.1) is 0 Å². The van der Waals surface area contributed by atoms with E-state index in [2.05, 4.69) is 20.3 Å². The molecule has 2 aromatic heterocycles. The molecule has 0 aliphatic heterocycles. The van der Waals surface area contributed by atoms with E-state index in [4.69, 9.17) is 9.47 Å². The summed E-state index contributed by atoms with van der Waals surface area (Å²) in [5.74, 6) is 0.301. The molecular formula is C18H19F3N4O3. The molecule has 1 aliphatic rings. The number of methoxy groups -OCH3 is 1. The summed E-state index contributed by atoms with van der Waals surface area (Å²) in [5.41, 5.74) is -0.930. The minimum atomic E-state index is -4.53. The summed E-state index contributed by atoms with van der Waals surface area (Å²) in [6.07, 6.45) is 2.12. The molecule has 1 amide bonds. The Hall–Kier alpha value is -2.91. The molecule has 0 saturated heterocycles. The molecule has 3 rings (SSSR count). The molecule has 0 radical (unpaired) electrons. The molecule has 0 bridgehead atoms. The first-order valence-corrected chi connectivity index (χ1v) is 8.72. The van der Waals surface area contributed by atoms with Gasteiger partial charge in [-0.2, -0.15) is 18.2 Å². The number of aromatic nitrogens is 3. The smallest absolute Gasteiger partial charge is 0.433 e. The van der Waals surface area contributed by atoms with E-state index in [9.17, 15) is 18.0 Å². The third-order valence-corrected chi connectivity index (χ3v) is 4.41. The highest BCUT2D eigenvalue weighted by atomic mass is 19.4. The second-order valence-corrected chi connectivity index (χ2v) is 6.39. The molecule has 1 aliphatic carbocycles. The van der Waals surface area contributed by atoms with Crippen LogP contribution in [0.3, 0.4) is 0 Å². The monoisotopic (exact) mass is 396 g/mol. The van der Waals surface area contributed by atoms with Gasteiger partial charge in [-0.1, -0.05) is 0 Å². The topological polar surface area (TPSA) is 86.2 Å². The van der Waals surface area contributed by atoms with Crippen molar-refractivity contribution in [2.24, 2.45) is 0 Å². The average Bonchev–Trinajstić information content (AvgIpc) is 2.69. The van der Waals surface area contributed by atoms with Crippen LogP contribution in [0.1, 0.15) is 41.7 Å². The van der Waals surface area contributed by atoms with Crippen molar-refractivity contribution in [1.29, 1.82) is 0 Å². The van der Waals surface area contributed by atoms with Crippen LogP contribution in [0.2, 0.25) is 0 Å². The standard InChI is InChI=1S/C18H19F3N4O3/c1-27-15-9-22-10-16(25-15)28-13-5-3-12(4-6-13)24-17(26)11-2-7-14(23-8-11)18(19,20)21/h2,7-10,12-13H,3-6H2,1H3,(H,24,26). The number of halogens is 3. The average molecular weight is 396 g/mol. The van der Waals surface area contributed by atoms with Crippen molar-refractivity contribution in [2.45, 2.75) is 44.0 Å². The number of hydrogen-bond donors (Lipinski definition) is 1. The molecule has 0 spiro atoms. The Morgan fingerprint density at radius 2 is 1.82 bits per heavy atom. The van der Waals surface area contributed by atoms with E-state index in [-0.39, 0.29) is 17.7 Å². The van der Waals surface area contributed by atoms with Crippen LogP contribution in [0.4, 0.5) is 13.2 Å². The van der Waals surface area contributed by atoms with Gasteiger partial charge in [-0.25, -0.2) is 0 Å². The van der Waals surface area contributed by atoms with Crippen molar-refractivity contribution in [1.82, 2.24) is 20.3 Å². The van der Waals surface area contributed by atoms with Crippen LogP contribution >= 0.6 is 0 Å². The van der Waals surface area contributed by atoms with Crippen molar-refractivity contribution < 1.29 is 27.4 Å². The fourth-order valence-corrected chi connectivity index (χ4v) is 2.95. The quantitative estimate of drug-likeness (QED) is 0.836. The first-order valence-electron chi connectivity index (χ1n) is 8.72. The van der Waals surface area contributed by atoms with Crippen molar-refractivity contribution in [3.63, 3.8) is 0 Å². The van der Waals surface area contributed by atoms with Crippen LogP contribution in [-0.4, -0.2) is 40.1 Å². The number of nitrogens with one attached hydrogen (secondary N) is 1. The Bertz CT molecular complexity index is 806. The Morgan fingerprint density at radius 3 is 2.43 bits per heavy atom. The summed E-state index contributed by atoms with van der Waals surface area (Å²) in [6.45, 7) is 0. The Balaban J connectivity index is 1.49. The van der Waals surface area contributed by atoms with E-state index < -0.39 is 17.8 Å². The van der Waals surface area contributed by atoms with Gasteiger partial charge in [0.25, 0.3) is 5.91 Å². The SMILES string of the molecule is COc1cncc(OC2CCC(NC(=O)c3ccc(C(F)(F)F)nc3)CC2)n1. The number of alkyl halides is 3. The third-order valence-electron chi connectivity index (χ3n) is 4.41. The highest BCUT2D eigenvalue weighted by Gasteiger charge is 2.32. The number of pyridine rings is 1. The van der Waals surface area contributed by atoms with Crippen LogP contribution in [0, 0.1) is 0 Å². The summed E-state index contributed by atoms with van der Waals surface area (Å²) < 4.78 is 48.4. The minimum absolute atomic E-state index is 0.0534. The van der Waals surface area contributed by atoms with Crippen molar-refractivity contribution >= 4 is 5.91 Å². The first kappa shape index (κ1) is 19.8. The molecule has 2 heterocycles. The second kappa shape index (κ2) is 8.41. The molecule has 7 nitrogen and oxygen atoms in total. The fourth-order valence-electron chi connectivity index (χ4n) is 2.95. The van der Waals surface area contributed by atoms with E-state index in [0.717, 1.165) is 18.3 Å². The number of nitrogens with zero attached hydrogens (tertiary/aromatic N) is 3. The van der Waals surface area contributed by atoms with E-state index in [1.165, 1.54) is 19.5 Å². The number of ether oxygens (including phenoxy) is 2. The molecular weight excluding hydrogens is 377 g/mol. The fraction of sp³-hybridized carbons (Fsp3) is 0.444. The zero-order chi connectivity index (χ0) is 20.1. The largest absolute Gasteiger partial charge is 0.480 e. The Kier molecular flexibility index (Phi) is 5.96. The summed E-state index contributed by atoms with van der Waals surface area (Å²) in [5, 5.41) is 2.83. The van der Waals surface area contributed by atoms with Gasteiger partial charge in [0.05, 0.1) is 25.1 Å². The minimum Gasteiger partial charge on any atom is -0.480 e. The maximum absolute atomic E-state index is 12.5. The van der Waals surface area contributed by atoms with Crippen LogP contribution in [-0.2, 0) is 6.18 Å². The van der Waals surface area contributed by atoms with Gasteiger partial charge in [-0.3, -0.25) is 14.8 Å². The number of rotatable bonds is 5. The molecule has 28 heavy (non-hydrogen) atoms. The lowest BCUT2D eigenvalue weighted by Gasteiger charge is -2.29. The first-order chi connectivity index (χ1) is 13.3. The van der Waals surface area contributed by atoms with Gasteiger partial charge < -0.3 is 14.8 Å². The van der Waals surface area contributed by atoms with E-state index in [1.54, 1.807) is 0 Å². The van der Waals surface area contributed by atoms with Gasteiger partial charge in [0.1, 0.15) is 11.8 Å². The Morgan fingerprint density at radius 1 is 1.11 bits per heavy atom. The molecule has 1 N–H and O–H groups in total. The van der Waals surface area contributed by atoms with Crippen molar-refractivity contribution in [2.75, 3.05) is 7.11 Å². The zero-order valence-electron chi connectivity index (χ0n) is 15.1. The van der Waals surface area contributed by atoms with Crippen molar-refractivity contribution in [3.05, 3.63) is 42.0 Å². The van der Waals surface area contributed by atoms with Gasteiger partial charge in [0, 0.05) is 12.2 Å². The van der Waals surface area contributed by atoms with E-state index >= 15 is 0 Å². The molecule has 0 atom stereocenters. The highest BCUT2D eigenvalue weighted by Crippen LogP contribution is 2.27. The predicted molar refractivity (Wildman–Crippen MR) is 92.0 cm³/mol. The summed E-state index contributed by atoms with van der Waals surface area (Å²) in [4.78, 5) is 23.7. The molecule has 10 heteroatoms. The third kappa shape index (κ3) is 5.08. The van der Waals surface area contributed by atoms with Gasteiger partial charge in [-0.05, 0) is 37.8 Å². The second-order valence-electron chi connectivity index (χ2n) is 6.39. The van der Waals surface area contributed by atoms with Crippen LogP contribution < -0.4 is 14.8 Å². The normalized spacial score (nSPS) is 19.7. The number of amides is 1. The summed E-state index contributed by atoms with van der Waals surface area (Å²) >= 11 is 0. The maximum Gasteiger partial charge on any atom is 0.433 e. The predicted octanol–water partition coefficient (Wildman–Crippen LogP) is 3.02. The summed E-state index contributed by atoms with van der Waals surface area (Å²) in [7, 11) is 1.49. The molecule has 2 aromatic rings. The van der Waals surface area contributed by atoms with Gasteiger partial charge in [0.15, 0.2) is 0 Å². The lowest BCUT2D eigenvalue weighted by molar-refractivity contribution is -0.141. The number of carbonyl (C=O) groups excluding carboxylic acids is 1. The van der Waals surface area contributed by atoms with Crippen molar-refractivity contribution in [3.8, 4) is 11.8 Å². The molecule has 1 fully saturated rings. The molecule has 1 saturated carbocycles. The van der Waals surface area contributed by atoms with Gasteiger partial charge in [0.2, 0.25) is 11.8 Å². The maximum atomic E-state index is 12.5. The molecule has 150 valence electrons. The summed E-state index contributed by atoms with van der Waals surface area (Å²) in [6, 6.07) is 1.85. The van der Waals surface area contributed by atoms with E-state index in [1.807, 2.05) is 0 Å². The van der Waals surface area contributed by atoms with Crippen LogP contribution in [0.15, 0.2) is 30.7 Å². The van der Waals surface area contributed by atoms with Gasteiger partial charge >= 0.3 is 6.18 Å². The number of hydrogen-bond acceptors (Lipinski definition) is 6. The number of carbonyl (C=O) groups is 1. The Labute approximate surface area is 159 Å². The lowest BCUT2D eigenvalue weighted by atomic mass is 9.92. The molecule has 0 unspecified atom stereocenters. The van der Waals surface area contributed by atoms with E-state index in [0.29, 0.717) is 37.4 Å².